The number of rotatable bonds is 0. The van der Waals surface area contributed by atoms with Crippen molar-refractivity contribution in [3.05, 3.63) is 0 Å². The molecule has 4 heteroatoms. The Labute approximate surface area is 77.6 Å². The predicted octanol–water partition coefficient (Wildman–Crippen LogP) is -1.16. The zero-order valence-corrected chi connectivity index (χ0v) is 7.56. The molecule has 1 heterocycles. The molecule has 2 aliphatic rings. The minimum Gasteiger partial charge on any atom is -0.390 e. The molecule has 1 aliphatic heterocycles. The van der Waals surface area contributed by atoms with Crippen molar-refractivity contribution in [2.75, 3.05) is 6.54 Å². The fraction of sp³-hybridized carbons (Fsp3) is 1.00. The van der Waals surface area contributed by atoms with Crippen molar-refractivity contribution in [3.8, 4) is 0 Å². The van der Waals surface area contributed by atoms with Crippen LogP contribution in [0.2, 0.25) is 0 Å². The normalized spacial score (nSPS) is 51.5. The van der Waals surface area contributed by atoms with Gasteiger partial charge in [-0.05, 0) is 25.8 Å². The zero-order chi connectivity index (χ0) is 9.42. The van der Waals surface area contributed by atoms with Crippen molar-refractivity contribution in [2.24, 2.45) is 5.92 Å². The van der Waals surface area contributed by atoms with Crippen LogP contribution >= 0.6 is 0 Å². The van der Waals surface area contributed by atoms with E-state index in [-0.39, 0.29) is 12.0 Å². The second-order valence-electron chi connectivity index (χ2n) is 4.15. The standard InChI is InChI=1S/C9H17NO3/c11-7-4-6-5(2-1-3-10-6)8(12)9(7)13/h5-13H,1-4H2/t5-,6-,7-,8+,9+/m0/s1. The van der Waals surface area contributed by atoms with Crippen LogP contribution < -0.4 is 5.32 Å². The van der Waals surface area contributed by atoms with Crippen LogP contribution in [0, 0.1) is 5.92 Å². The number of aliphatic hydroxyl groups excluding tert-OH is 3. The van der Waals surface area contributed by atoms with E-state index in [0.717, 1.165) is 19.4 Å². The lowest BCUT2D eigenvalue weighted by molar-refractivity contribution is -0.126. The third-order valence-corrected chi connectivity index (χ3v) is 3.32. The molecule has 0 amide bonds. The van der Waals surface area contributed by atoms with Crippen molar-refractivity contribution >= 4 is 0 Å². The summed E-state index contributed by atoms with van der Waals surface area (Å²) in [7, 11) is 0. The molecule has 0 bridgehead atoms. The quantitative estimate of drug-likeness (QED) is 0.386. The van der Waals surface area contributed by atoms with Crippen LogP contribution in [-0.2, 0) is 0 Å². The lowest BCUT2D eigenvalue weighted by Gasteiger charge is -2.44. The number of nitrogens with one attached hydrogen (secondary N) is 1. The van der Waals surface area contributed by atoms with Gasteiger partial charge in [-0.15, -0.1) is 0 Å². The molecule has 5 atom stereocenters. The van der Waals surface area contributed by atoms with Crippen LogP contribution in [0.4, 0.5) is 0 Å². The summed E-state index contributed by atoms with van der Waals surface area (Å²) in [5, 5.41) is 31.9. The Morgan fingerprint density at radius 2 is 1.85 bits per heavy atom. The number of aliphatic hydroxyl groups is 3. The van der Waals surface area contributed by atoms with Crippen molar-refractivity contribution < 1.29 is 15.3 Å². The van der Waals surface area contributed by atoms with Crippen LogP contribution in [0.5, 0.6) is 0 Å². The van der Waals surface area contributed by atoms with Gasteiger partial charge < -0.3 is 20.6 Å². The molecule has 76 valence electrons. The third kappa shape index (κ3) is 1.59. The molecule has 0 aromatic carbocycles. The van der Waals surface area contributed by atoms with E-state index in [2.05, 4.69) is 5.32 Å². The Hall–Kier alpha value is -0.160. The first-order valence-electron chi connectivity index (χ1n) is 4.97. The van der Waals surface area contributed by atoms with Gasteiger partial charge in [0, 0.05) is 12.0 Å². The first-order valence-corrected chi connectivity index (χ1v) is 4.97. The highest BCUT2D eigenvalue weighted by atomic mass is 16.4. The number of hydrogen-bond donors (Lipinski definition) is 4. The Balaban J connectivity index is 2.08. The van der Waals surface area contributed by atoms with Gasteiger partial charge >= 0.3 is 0 Å². The summed E-state index contributed by atoms with van der Waals surface area (Å²) in [6, 6.07) is 0.183. The summed E-state index contributed by atoms with van der Waals surface area (Å²) < 4.78 is 0. The molecule has 2 rings (SSSR count). The lowest BCUT2D eigenvalue weighted by atomic mass is 9.75. The van der Waals surface area contributed by atoms with Crippen molar-refractivity contribution in [2.45, 2.75) is 43.6 Å². The number of piperidine rings is 1. The maximum absolute atomic E-state index is 9.69. The highest BCUT2D eigenvalue weighted by Gasteiger charge is 2.43. The molecule has 13 heavy (non-hydrogen) atoms. The fourth-order valence-corrected chi connectivity index (χ4v) is 2.53. The second-order valence-corrected chi connectivity index (χ2v) is 4.15. The maximum atomic E-state index is 9.69. The zero-order valence-electron chi connectivity index (χ0n) is 7.56. The van der Waals surface area contributed by atoms with Crippen molar-refractivity contribution in [1.82, 2.24) is 5.32 Å². The van der Waals surface area contributed by atoms with E-state index in [1.54, 1.807) is 0 Å². The van der Waals surface area contributed by atoms with E-state index in [9.17, 15) is 15.3 Å². The first kappa shape index (κ1) is 9.40. The van der Waals surface area contributed by atoms with Gasteiger partial charge in [-0.3, -0.25) is 0 Å². The van der Waals surface area contributed by atoms with E-state index >= 15 is 0 Å². The molecule has 0 aromatic rings. The molecule has 1 saturated carbocycles. The molecule has 0 aromatic heterocycles. The van der Waals surface area contributed by atoms with Crippen LogP contribution in [0.3, 0.4) is 0 Å². The highest BCUT2D eigenvalue weighted by Crippen LogP contribution is 2.31. The van der Waals surface area contributed by atoms with E-state index in [4.69, 9.17) is 0 Å². The van der Waals surface area contributed by atoms with E-state index < -0.39 is 18.3 Å². The average molecular weight is 187 g/mol. The molecule has 2 fully saturated rings. The van der Waals surface area contributed by atoms with Crippen LogP contribution in [0.1, 0.15) is 19.3 Å². The van der Waals surface area contributed by atoms with Crippen LogP contribution in [-0.4, -0.2) is 46.2 Å². The molecule has 4 nitrogen and oxygen atoms in total. The number of hydrogen-bond acceptors (Lipinski definition) is 4. The molecule has 1 saturated heterocycles. The molecule has 0 radical (unpaired) electrons. The van der Waals surface area contributed by atoms with Crippen LogP contribution in [0.15, 0.2) is 0 Å². The lowest BCUT2D eigenvalue weighted by Crippen LogP contribution is -2.58. The van der Waals surface area contributed by atoms with Crippen molar-refractivity contribution in [1.29, 1.82) is 0 Å². The summed E-state index contributed by atoms with van der Waals surface area (Å²) in [6.45, 7) is 0.955. The second kappa shape index (κ2) is 3.53. The summed E-state index contributed by atoms with van der Waals surface area (Å²) >= 11 is 0. The summed E-state index contributed by atoms with van der Waals surface area (Å²) in [5.41, 5.74) is 0. The fourth-order valence-electron chi connectivity index (χ4n) is 2.53. The van der Waals surface area contributed by atoms with Gasteiger partial charge in [0.25, 0.3) is 0 Å². The average Bonchev–Trinajstić information content (AvgIpc) is 2.15. The molecule has 0 unspecified atom stereocenters. The van der Waals surface area contributed by atoms with Gasteiger partial charge in [0.15, 0.2) is 0 Å². The van der Waals surface area contributed by atoms with Gasteiger partial charge in [-0.1, -0.05) is 0 Å². The van der Waals surface area contributed by atoms with Gasteiger partial charge in [0.1, 0.15) is 6.10 Å². The van der Waals surface area contributed by atoms with Gasteiger partial charge in [0.05, 0.1) is 12.2 Å². The Bertz CT molecular complexity index is 186. The SMILES string of the molecule is O[C@H]1[C@H](O)[C@@H](O)C[C@@H]2NCCC[C@H]12. The van der Waals surface area contributed by atoms with E-state index in [1.165, 1.54) is 0 Å². The molecule has 1 aliphatic carbocycles. The monoisotopic (exact) mass is 187 g/mol. The largest absolute Gasteiger partial charge is 0.390 e. The Kier molecular flexibility index (Phi) is 2.55. The molecule has 0 spiro atoms. The van der Waals surface area contributed by atoms with E-state index in [1.807, 2.05) is 0 Å². The smallest absolute Gasteiger partial charge is 0.106 e. The molecular weight excluding hydrogens is 170 g/mol. The minimum atomic E-state index is -0.957. The Morgan fingerprint density at radius 3 is 2.62 bits per heavy atom. The first-order chi connectivity index (χ1) is 6.20. The van der Waals surface area contributed by atoms with Gasteiger partial charge in [-0.25, -0.2) is 0 Å². The summed E-state index contributed by atoms with van der Waals surface area (Å²) in [5.74, 6) is 0.118. The van der Waals surface area contributed by atoms with E-state index in [0.29, 0.717) is 6.42 Å². The van der Waals surface area contributed by atoms with Gasteiger partial charge in [0.2, 0.25) is 0 Å². The molecular formula is C9H17NO3. The van der Waals surface area contributed by atoms with Gasteiger partial charge in [-0.2, -0.15) is 0 Å². The summed E-state index contributed by atoms with van der Waals surface area (Å²) in [6.07, 6.45) is 0.0524. The maximum Gasteiger partial charge on any atom is 0.106 e. The highest BCUT2D eigenvalue weighted by molar-refractivity contribution is 4.97. The van der Waals surface area contributed by atoms with Crippen molar-refractivity contribution in [3.63, 3.8) is 0 Å². The molecule has 4 N–H and O–H groups in total. The minimum absolute atomic E-state index is 0.118. The third-order valence-electron chi connectivity index (χ3n) is 3.32. The topological polar surface area (TPSA) is 72.7 Å². The predicted molar refractivity (Wildman–Crippen MR) is 47.2 cm³/mol. The number of fused-ring (bicyclic) bond motifs is 1. The Morgan fingerprint density at radius 1 is 1.08 bits per heavy atom. The van der Waals surface area contributed by atoms with Crippen LogP contribution in [0.25, 0.3) is 0 Å². The summed E-state index contributed by atoms with van der Waals surface area (Å²) in [4.78, 5) is 0.